The van der Waals surface area contributed by atoms with E-state index in [1.54, 1.807) is 6.92 Å². The van der Waals surface area contributed by atoms with Crippen LogP contribution in [0.15, 0.2) is 23.8 Å². The highest BCUT2D eigenvalue weighted by molar-refractivity contribution is 5.16. The van der Waals surface area contributed by atoms with E-state index in [1.807, 2.05) is 19.9 Å². The van der Waals surface area contributed by atoms with Crippen LogP contribution in [0.5, 0.6) is 0 Å². The molecule has 0 fully saturated rings. The lowest BCUT2D eigenvalue weighted by atomic mass is 9.93. The molecule has 0 radical (unpaired) electrons. The van der Waals surface area contributed by atoms with Gasteiger partial charge in [-0.05, 0) is 26.3 Å². The van der Waals surface area contributed by atoms with Gasteiger partial charge in [-0.2, -0.15) is 0 Å². The van der Waals surface area contributed by atoms with Crippen molar-refractivity contribution in [2.45, 2.75) is 33.2 Å². The topological polar surface area (TPSA) is 49.7 Å². The maximum atomic E-state index is 9.50. The molecule has 82 valence electrons. The van der Waals surface area contributed by atoms with E-state index in [1.165, 1.54) is 7.11 Å². The Morgan fingerprint density at radius 1 is 1.36 bits per heavy atom. The molecule has 0 bridgehead atoms. The number of allylic oxidation sites excluding steroid dienone is 1. The van der Waals surface area contributed by atoms with Crippen LogP contribution in [0.4, 0.5) is 0 Å². The molecule has 0 aromatic heterocycles. The van der Waals surface area contributed by atoms with Crippen LogP contribution in [0, 0.1) is 5.92 Å². The zero-order chi connectivity index (χ0) is 11.3. The van der Waals surface area contributed by atoms with Gasteiger partial charge in [-0.25, -0.2) is 0 Å². The van der Waals surface area contributed by atoms with Crippen LogP contribution in [0.25, 0.3) is 0 Å². The van der Waals surface area contributed by atoms with Crippen LogP contribution in [0.3, 0.4) is 0 Å². The minimum absolute atomic E-state index is 0.269. The number of hydrogen-bond donors (Lipinski definition) is 2. The van der Waals surface area contributed by atoms with Crippen LogP contribution in [-0.4, -0.2) is 29.7 Å². The smallest absolute Gasteiger partial charge is 0.177 e. The Labute approximate surface area is 85.7 Å². The van der Waals surface area contributed by atoms with Gasteiger partial charge in [-0.1, -0.05) is 18.2 Å². The second kappa shape index (κ2) is 5.96. The Hall–Kier alpha value is -0.640. The van der Waals surface area contributed by atoms with E-state index >= 15 is 0 Å². The van der Waals surface area contributed by atoms with Crippen LogP contribution in [-0.2, 0) is 4.74 Å². The first kappa shape index (κ1) is 13.4. The minimum Gasteiger partial charge on any atom is -0.392 e. The molecule has 0 aromatic carbocycles. The van der Waals surface area contributed by atoms with Gasteiger partial charge in [0.25, 0.3) is 0 Å². The molecule has 0 spiro atoms. The molecule has 3 unspecified atom stereocenters. The molecule has 2 N–H and O–H groups in total. The van der Waals surface area contributed by atoms with Crippen molar-refractivity contribution in [3.63, 3.8) is 0 Å². The highest BCUT2D eigenvalue weighted by atomic mass is 16.6. The van der Waals surface area contributed by atoms with E-state index in [0.717, 1.165) is 5.57 Å². The van der Waals surface area contributed by atoms with E-state index in [4.69, 9.17) is 4.74 Å². The first-order chi connectivity index (χ1) is 6.40. The fraction of sp³-hybridized carbons (Fsp3) is 0.636. The number of hydrogen-bond acceptors (Lipinski definition) is 3. The van der Waals surface area contributed by atoms with Crippen LogP contribution < -0.4 is 0 Å². The van der Waals surface area contributed by atoms with Crippen LogP contribution in [0.2, 0.25) is 0 Å². The molecule has 0 rings (SSSR count). The molecule has 0 amide bonds. The van der Waals surface area contributed by atoms with Crippen molar-refractivity contribution < 1.29 is 14.9 Å². The Bertz CT molecular complexity index is 215. The number of rotatable bonds is 5. The predicted octanol–water partition coefficient (Wildman–Crippen LogP) is 1.47. The lowest BCUT2D eigenvalue weighted by Gasteiger charge is -2.22. The normalized spacial score (nSPS) is 17.0. The lowest BCUT2D eigenvalue weighted by molar-refractivity contribution is -0.0533. The van der Waals surface area contributed by atoms with Gasteiger partial charge in [0.05, 0.1) is 6.10 Å². The summed E-state index contributed by atoms with van der Waals surface area (Å²) in [7, 11) is 1.40. The van der Waals surface area contributed by atoms with Gasteiger partial charge in [0.15, 0.2) is 6.29 Å². The maximum absolute atomic E-state index is 9.50. The molecule has 0 aliphatic heterocycles. The molecule has 3 atom stereocenters. The molecular formula is C11H20O3. The second-order valence-electron chi connectivity index (χ2n) is 3.67. The van der Waals surface area contributed by atoms with Crippen molar-refractivity contribution in [1.82, 2.24) is 0 Å². The third-order valence-corrected chi connectivity index (χ3v) is 2.00. The first-order valence-corrected chi connectivity index (χ1v) is 4.62. The van der Waals surface area contributed by atoms with E-state index in [0.29, 0.717) is 5.57 Å². The summed E-state index contributed by atoms with van der Waals surface area (Å²) in [4.78, 5) is 0. The van der Waals surface area contributed by atoms with Gasteiger partial charge < -0.3 is 14.9 Å². The van der Waals surface area contributed by atoms with Crippen LogP contribution in [0.1, 0.15) is 20.8 Å². The monoisotopic (exact) mass is 200 g/mol. The Morgan fingerprint density at radius 2 is 1.86 bits per heavy atom. The molecule has 3 nitrogen and oxygen atoms in total. The largest absolute Gasteiger partial charge is 0.392 e. The van der Waals surface area contributed by atoms with Crippen molar-refractivity contribution in [1.29, 1.82) is 0 Å². The van der Waals surface area contributed by atoms with E-state index in [-0.39, 0.29) is 5.92 Å². The molecule has 14 heavy (non-hydrogen) atoms. The molecule has 0 saturated carbocycles. The minimum atomic E-state index is -1.02. The number of ether oxygens (including phenoxy) is 1. The van der Waals surface area contributed by atoms with E-state index in [9.17, 15) is 10.2 Å². The third kappa shape index (κ3) is 4.05. The van der Waals surface area contributed by atoms with Gasteiger partial charge in [-0.15, -0.1) is 0 Å². The SMILES string of the molecule is C=C(C(O)OC)C(C=C(C)C)C(C)O. The standard InChI is InChI=1S/C11H20O3/c1-7(2)6-10(9(4)12)8(3)11(13)14-5/h6,9-13H,3H2,1-2,4-5H3. The summed E-state index contributed by atoms with van der Waals surface area (Å²) in [6, 6.07) is 0. The van der Waals surface area contributed by atoms with Gasteiger partial charge in [0.1, 0.15) is 0 Å². The Morgan fingerprint density at radius 3 is 2.14 bits per heavy atom. The predicted molar refractivity (Wildman–Crippen MR) is 56.8 cm³/mol. The van der Waals surface area contributed by atoms with Crippen molar-refractivity contribution in [3.05, 3.63) is 23.8 Å². The van der Waals surface area contributed by atoms with Crippen molar-refractivity contribution in [2.75, 3.05) is 7.11 Å². The number of aliphatic hydroxyl groups is 2. The first-order valence-electron chi connectivity index (χ1n) is 4.62. The highest BCUT2D eigenvalue weighted by Crippen LogP contribution is 2.20. The third-order valence-electron chi connectivity index (χ3n) is 2.00. The number of methoxy groups -OCH3 is 1. The Kier molecular flexibility index (Phi) is 5.69. The maximum Gasteiger partial charge on any atom is 0.177 e. The average Bonchev–Trinajstić information content (AvgIpc) is 2.11. The fourth-order valence-corrected chi connectivity index (χ4v) is 1.23. The van der Waals surface area contributed by atoms with Crippen molar-refractivity contribution in [2.24, 2.45) is 5.92 Å². The summed E-state index contributed by atoms with van der Waals surface area (Å²) in [5.74, 6) is -0.269. The molecule has 0 saturated heterocycles. The Balaban J connectivity index is 4.67. The summed E-state index contributed by atoms with van der Waals surface area (Å²) in [5.41, 5.74) is 1.55. The van der Waals surface area contributed by atoms with E-state index in [2.05, 4.69) is 6.58 Å². The second-order valence-corrected chi connectivity index (χ2v) is 3.67. The van der Waals surface area contributed by atoms with Crippen molar-refractivity contribution in [3.8, 4) is 0 Å². The summed E-state index contributed by atoms with van der Waals surface area (Å²) in [5, 5.41) is 18.9. The van der Waals surface area contributed by atoms with Gasteiger partial charge >= 0.3 is 0 Å². The lowest BCUT2D eigenvalue weighted by Crippen LogP contribution is -2.25. The van der Waals surface area contributed by atoms with Gasteiger partial charge in [0, 0.05) is 13.0 Å². The summed E-state index contributed by atoms with van der Waals surface area (Å²) in [6.45, 7) is 9.25. The molecule has 0 aliphatic carbocycles. The average molecular weight is 200 g/mol. The highest BCUT2D eigenvalue weighted by Gasteiger charge is 2.21. The summed E-state index contributed by atoms with van der Waals surface area (Å²) >= 11 is 0. The molecule has 0 aliphatic rings. The zero-order valence-corrected chi connectivity index (χ0v) is 9.32. The molecular weight excluding hydrogens is 180 g/mol. The zero-order valence-electron chi connectivity index (χ0n) is 9.32. The number of aliphatic hydroxyl groups excluding tert-OH is 2. The molecule has 0 aromatic rings. The van der Waals surface area contributed by atoms with Crippen molar-refractivity contribution >= 4 is 0 Å². The van der Waals surface area contributed by atoms with Gasteiger partial charge in [-0.3, -0.25) is 0 Å². The van der Waals surface area contributed by atoms with Crippen LogP contribution >= 0.6 is 0 Å². The fourth-order valence-electron chi connectivity index (χ4n) is 1.23. The molecule has 3 heteroatoms. The van der Waals surface area contributed by atoms with E-state index < -0.39 is 12.4 Å². The summed E-state index contributed by atoms with van der Waals surface area (Å²) < 4.78 is 4.74. The van der Waals surface area contributed by atoms with Gasteiger partial charge in [0.2, 0.25) is 0 Å². The quantitative estimate of drug-likeness (QED) is 0.522. The summed E-state index contributed by atoms with van der Waals surface area (Å²) in [6.07, 6.45) is 0.266. The molecule has 0 heterocycles.